The molecule has 0 atom stereocenters. The van der Waals surface area contributed by atoms with Gasteiger partial charge in [0.15, 0.2) is 0 Å². The molecule has 0 bridgehead atoms. The van der Waals surface area contributed by atoms with Crippen LogP contribution >= 0.6 is 0 Å². The summed E-state index contributed by atoms with van der Waals surface area (Å²) in [4.78, 5) is 4.13. The lowest BCUT2D eigenvalue weighted by Crippen LogP contribution is -1.97. The Balaban J connectivity index is 1.93. The summed E-state index contributed by atoms with van der Waals surface area (Å²) in [6.07, 6.45) is 5.38. The number of hydrogen-bond donors (Lipinski definition) is 0. The van der Waals surface area contributed by atoms with Crippen molar-refractivity contribution >= 4 is 33.6 Å². The lowest BCUT2D eigenvalue weighted by molar-refractivity contribution is 0.848. The molecule has 5 nitrogen and oxygen atoms in total. The average Bonchev–Trinajstić information content (AvgIpc) is 3.04. The molecular weight excluding hydrogens is 286 g/mol. The Labute approximate surface area is 132 Å². The van der Waals surface area contributed by atoms with Gasteiger partial charge in [0.2, 0.25) is 0 Å². The lowest BCUT2D eigenvalue weighted by atomic mass is 10.1. The molecule has 5 heteroatoms. The Morgan fingerprint density at radius 2 is 2.00 bits per heavy atom. The predicted octanol–water partition coefficient (Wildman–Crippen LogP) is 3.50. The quantitative estimate of drug-likeness (QED) is 0.531. The fourth-order valence-electron chi connectivity index (χ4n) is 2.61. The first kappa shape index (κ1) is 13.2. The minimum atomic E-state index is 0.419. The Morgan fingerprint density at radius 3 is 2.91 bits per heavy atom. The van der Waals surface area contributed by atoms with Gasteiger partial charge in [-0.15, -0.1) is 5.10 Å². The van der Waals surface area contributed by atoms with E-state index >= 15 is 0 Å². The molecule has 0 unspecified atom stereocenters. The van der Waals surface area contributed by atoms with E-state index < -0.39 is 0 Å². The normalized spacial score (nSPS) is 11.7. The zero-order valence-electron chi connectivity index (χ0n) is 12.1. The molecule has 0 amide bonds. The smallest absolute Gasteiger partial charge is 0.145 e. The Morgan fingerprint density at radius 1 is 1.09 bits per heavy atom. The van der Waals surface area contributed by atoms with Crippen molar-refractivity contribution in [2.24, 2.45) is 0 Å². The largest absolute Gasteiger partial charge is 0.264 e. The number of nitrogens with zero attached hydrogens (tertiary/aromatic N) is 5. The zero-order valence-corrected chi connectivity index (χ0v) is 12.1. The van der Waals surface area contributed by atoms with Gasteiger partial charge in [-0.1, -0.05) is 35.5 Å². The van der Waals surface area contributed by atoms with Crippen molar-refractivity contribution in [1.82, 2.24) is 20.0 Å². The van der Waals surface area contributed by atoms with E-state index in [1.165, 1.54) is 0 Å². The second-order valence-electron chi connectivity index (χ2n) is 5.08. The Hall–Kier alpha value is -3.52. The molecular formula is C18H11N5. The van der Waals surface area contributed by atoms with Gasteiger partial charge < -0.3 is 0 Å². The topological polar surface area (TPSA) is 67.4 Å². The predicted molar refractivity (Wildman–Crippen MR) is 89.1 cm³/mol. The molecule has 0 saturated carbocycles. The van der Waals surface area contributed by atoms with Gasteiger partial charge in [0.1, 0.15) is 17.3 Å². The number of allylic oxidation sites excluding steroid dienone is 1. The molecule has 0 fully saturated rings. The van der Waals surface area contributed by atoms with Crippen LogP contribution in [0, 0.1) is 11.3 Å². The van der Waals surface area contributed by atoms with Gasteiger partial charge in [-0.05, 0) is 35.2 Å². The van der Waals surface area contributed by atoms with Crippen LogP contribution in [-0.4, -0.2) is 20.0 Å². The molecule has 0 radical (unpaired) electrons. The molecule has 23 heavy (non-hydrogen) atoms. The number of hydrogen-bond acceptors (Lipinski definition) is 4. The molecule has 2 heterocycles. The summed E-state index contributed by atoms with van der Waals surface area (Å²) < 4.78 is 1.56. The highest BCUT2D eigenvalue weighted by Crippen LogP contribution is 2.22. The second kappa shape index (κ2) is 5.35. The molecule has 0 spiro atoms. The van der Waals surface area contributed by atoms with E-state index in [-0.39, 0.29) is 0 Å². The van der Waals surface area contributed by atoms with Crippen LogP contribution in [0.25, 0.3) is 33.6 Å². The molecule has 4 rings (SSSR count). The first-order valence-electron chi connectivity index (χ1n) is 7.12. The van der Waals surface area contributed by atoms with Crippen LogP contribution in [0.5, 0.6) is 0 Å². The molecule has 0 aliphatic rings. The van der Waals surface area contributed by atoms with Crippen LogP contribution in [0.15, 0.2) is 60.9 Å². The van der Waals surface area contributed by atoms with Crippen molar-refractivity contribution in [3.05, 3.63) is 66.5 Å². The van der Waals surface area contributed by atoms with Crippen molar-refractivity contribution in [3.63, 3.8) is 0 Å². The maximum absolute atomic E-state index is 9.57. The van der Waals surface area contributed by atoms with Crippen LogP contribution in [0.3, 0.4) is 0 Å². The lowest BCUT2D eigenvalue weighted by Gasteiger charge is -2.03. The van der Waals surface area contributed by atoms with Crippen LogP contribution in [-0.2, 0) is 0 Å². The van der Waals surface area contributed by atoms with Crippen LogP contribution in [0.2, 0.25) is 0 Å². The van der Waals surface area contributed by atoms with E-state index in [0.29, 0.717) is 5.70 Å². The van der Waals surface area contributed by atoms with Gasteiger partial charge in [-0.3, -0.25) is 4.98 Å². The first-order chi connectivity index (χ1) is 11.4. The van der Waals surface area contributed by atoms with Crippen LogP contribution in [0.1, 0.15) is 5.56 Å². The molecule has 108 valence electrons. The van der Waals surface area contributed by atoms with Crippen molar-refractivity contribution in [2.45, 2.75) is 0 Å². The van der Waals surface area contributed by atoms with Gasteiger partial charge >= 0.3 is 0 Å². The van der Waals surface area contributed by atoms with Crippen molar-refractivity contribution in [3.8, 4) is 6.07 Å². The molecule has 0 aliphatic heterocycles. The third-order valence-electron chi connectivity index (χ3n) is 3.70. The van der Waals surface area contributed by atoms with Gasteiger partial charge in [-0.2, -0.15) is 5.26 Å². The minimum absolute atomic E-state index is 0.419. The maximum Gasteiger partial charge on any atom is 0.145 e. The zero-order chi connectivity index (χ0) is 15.6. The summed E-state index contributed by atoms with van der Waals surface area (Å²) in [6.45, 7) is 0. The van der Waals surface area contributed by atoms with Crippen LogP contribution in [0.4, 0.5) is 0 Å². The number of fused-ring (bicyclic) bond motifs is 2. The Kier molecular flexibility index (Phi) is 3.06. The van der Waals surface area contributed by atoms with E-state index in [2.05, 4.69) is 21.4 Å². The first-order valence-corrected chi connectivity index (χ1v) is 7.12. The van der Waals surface area contributed by atoms with E-state index in [0.717, 1.165) is 27.4 Å². The average molecular weight is 297 g/mol. The third kappa shape index (κ3) is 2.23. The SMILES string of the molecule is N#C/C(=C\c1cccc2cnccc12)n1nnc2ccccc21. The standard InChI is InChI=1S/C18H11N5/c19-11-15(23-18-7-2-1-6-17(18)21-22-23)10-13-4-3-5-14-12-20-9-8-16(13)14/h1-10,12H/b15-10+. The van der Waals surface area contributed by atoms with Gasteiger partial charge in [-0.25, -0.2) is 4.68 Å². The third-order valence-corrected chi connectivity index (χ3v) is 3.70. The van der Waals surface area contributed by atoms with Crippen LogP contribution < -0.4 is 0 Å². The number of aromatic nitrogens is 4. The van der Waals surface area contributed by atoms with Gasteiger partial charge in [0, 0.05) is 17.8 Å². The fraction of sp³-hybridized carbons (Fsp3) is 0. The molecule has 0 saturated heterocycles. The van der Waals surface area contributed by atoms with E-state index in [1.807, 2.05) is 60.8 Å². The second-order valence-corrected chi connectivity index (χ2v) is 5.08. The molecule has 2 aromatic carbocycles. The Bertz CT molecular complexity index is 1080. The fourth-order valence-corrected chi connectivity index (χ4v) is 2.61. The highest BCUT2D eigenvalue weighted by Gasteiger charge is 2.09. The highest BCUT2D eigenvalue weighted by molar-refractivity contribution is 5.95. The number of rotatable bonds is 2. The van der Waals surface area contributed by atoms with Crippen molar-refractivity contribution in [2.75, 3.05) is 0 Å². The van der Waals surface area contributed by atoms with Gasteiger partial charge in [0.05, 0.1) is 5.52 Å². The number of benzene rings is 2. The van der Waals surface area contributed by atoms with Crippen molar-refractivity contribution < 1.29 is 0 Å². The molecule has 0 N–H and O–H groups in total. The molecule has 2 aromatic heterocycles. The van der Waals surface area contributed by atoms with Crippen molar-refractivity contribution in [1.29, 1.82) is 5.26 Å². The summed E-state index contributed by atoms with van der Waals surface area (Å²) in [6, 6.07) is 17.6. The minimum Gasteiger partial charge on any atom is -0.264 e. The molecule has 0 aliphatic carbocycles. The monoisotopic (exact) mass is 297 g/mol. The van der Waals surface area contributed by atoms with E-state index in [9.17, 15) is 5.26 Å². The molecule has 4 aromatic rings. The summed E-state index contributed by atoms with van der Waals surface area (Å²) in [5.74, 6) is 0. The number of nitriles is 1. The maximum atomic E-state index is 9.57. The van der Waals surface area contributed by atoms with E-state index in [4.69, 9.17) is 0 Å². The van der Waals surface area contributed by atoms with E-state index in [1.54, 1.807) is 10.9 Å². The summed E-state index contributed by atoms with van der Waals surface area (Å²) >= 11 is 0. The highest BCUT2D eigenvalue weighted by atomic mass is 15.4. The number of pyridine rings is 1. The van der Waals surface area contributed by atoms with Gasteiger partial charge in [0.25, 0.3) is 0 Å². The summed E-state index contributed by atoms with van der Waals surface area (Å²) in [5, 5.41) is 19.9. The summed E-state index contributed by atoms with van der Waals surface area (Å²) in [5.41, 5.74) is 2.93. The number of para-hydroxylation sites is 1. The summed E-state index contributed by atoms with van der Waals surface area (Å²) in [7, 11) is 0.